The fourth-order valence-electron chi connectivity index (χ4n) is 2.34. The van der Waals surface area contributed by atoms with Gasteiger partial charge in [0.15, 0.2) is 0 Å². The molecule has 1 heterocycles. The predicted molar refractivity (Wildman–Crippen MR) is 82.0 cm³/mol. The molecular formula is C17H14ClNO. The maximum atomic E-state index is 10.6. The van der Waals surface area contributed by atoms with Crippen LogP contribution in [0.3, 0.4) is 0 Å². The Morgan fingerprint density at radius 1 is 1.10 bits per heavy atom. The number of aliphatic hydroxyl groups is 1. The second kappa shape index (κ2) is 5.23. The van der Waals surface area contributed by atoms with E-state index in [0.717, 1.165) is 27.6 Å². The molecule has 0 radical (unpaired) electrons. The Bertz CT molecular complexity index is 770. The summed E-state index contributed by atoms with van der Waals surface area (Å²) in [6.45, 7) is 1.91. The third-order valence-corrected chi connectivity index (χ3v) is 3.94. The van der Waals surface area contributed by atoms with E-state index >= 15 is 0 Å². The molecule has 0 saturated carbocycles. The molecule has 100 valence electrons. The average molecular weight is 284 g/mol. The van der Waals surface area contributed by atoms with Crippen LogP contribution in [0, 0.1) is 6.92 Å². The minimum atomic E-state index is -0.717. The van der Waals surface area contributed by atoms with Gasteiger partial charge in [-0.15, -0.1) is 0 Å². The first-order valence-corrected chi connectivity index (χ1v) is 6.82. The van der Waals surface area contributed by atoms with E-state index in [1.165, 1.54) is 0 Å². The molecule has 0 aliphatic carbocycles. The van der Waals surface area contributed by atoms with Crippen molar-refractivity contribution in [2.45, 2.75) is 13.0 Å². The van der Waals surface area contributed by atoms with E-state index in [1.54, 1.807) is 6.20 Å². The van der Waals surface area contributed by atoms with Crippen molar-refractivity contribution in [3.8, 4) is 0 Å². The smallest absolute Gasteiger partial charge is 0.106 e. The summed E-state index contributed by atoms with van der Waals surface area (Å²) in [6, 6.07) is 15.4. The fourth-order valence-corrected chi connectivity index (χ4v) is 2.52. The number of hydrogen-bond acceptors (Lipinski definition) is 2. The molecule has 2 nitrogen and oxygen atoms in total. The van der Waals surface area contributed by atoms with Crippen LogP contribution in [0.1, 0.15) is 22.8 Å². The Hall–Kier alpha value is -1.90. The van der Waals surface area contributed by atoms with Crippen molar-refractivity contribution in [3.63, 3.8) is 0 Å². The maximum Gasteiger partial charge on any atom is 0.106 e. The molecule has 2 aromatic carbocycles. The van der Waals surface area contributed by atoms with Gasteiger partial charge in [0.25, 0.3) is 0 Å². The van der Waals surface area contributed by atoms with Gasteiger partial charge in [-0.25, -0.2) is 0 Å². The number of benzene rings is 2. The molecule has 0 saturated heterocycles. The maximum absolute atomic E-state index is 10.6. The lowest BCUT2D eigenvalue weighted by atomic mass is 9.98. The van der Waals surface area contributed by atoms with Crippen molar-refractivity contribution in [1.29, 1.82) is 0 Å². The van der Waals surface area contributed by atoms with Gasteiger partial charge < -0.3 is 5.11 Å². The molecule has 1 unspecified atom stereocenters. The lowest BCUT2D eigenvalue weighted by Crippen LogP contribution is -2.03. The summed E-state index contributed by atoms with van der Waals surface area (Å²) in [5.41, 5.74) is 3.41. The fraction of sp³-hybridized carbons (Fsp3) is 0.118. The van der Waals surface area contributed by atoms with Crippen LogP contribution in [0.15, 0.2) is 54.7 Å². The summed E-state index contributed by atoms with van der Waals surface area (Å²) in [5.74, 6) is 0. The summed E-state index contributed by atoms with van der Waals surface area (Å²) in [7, 11) is 0. The van der Waals surface area contributed by atoms with Gasteiger partial charge in [-0.1, -0.05) is 41.9 Å². The van der Waals surface area contributed by atoms with Crippen molar-refractivity contribution < 1.29 is 5.11 Å². The molecule has 1 aromatic heterocycles. The predicted octanol–water partition coefficient (Wildman–Crippen LogP) is 4.28. The monoisotopic (exact) mass is 283 g/mol. The topological polar surface area (TPSA) is 33.1 Å². The zero-order chi connectivity index (χ0) is 14.1. The van der Waals surface area contributed by atoms with Gasteiger partial charge in [0.05, 0.1) is 5.52 Å². The Morgan fingerprint density at radius 3 is 2.75 bits per heavy atom. The van der Waals surface area contributed by atoms with Crippen LogP contribution in [-0.2, 0) is 0 Å². The van der Waals surface area contributed by atoms with Crippen LogP contribution in [0.25, 0.3) is 10.9 Å². The van der Waals surface area contributed by atoms with Crippen molar-refractivity contribution >= 4 is 22.5 Å². The van der Waals surface area contributed by atoms with Crippen molar-refractivity contribution in [1.82, 2.24) is 4.98 Å². The molecule has 0 bridgehead atoms. The first-order valence-electron chi connectivity index (χ1n) is 6.44. The molecule has 3 aromatic rings. The Labute approximate surface area is 122 Å². The minimum absolute atomic E-state index is 0.662. The van der Waals surface area contributed by atoms with Crippen molar-refractivity contribution in [2.75, 3.05) is 0 Å². The van der Waals surface area contributed by atoms with E-state index in [-0.39, 0.29) is 0 Å². The van der Waals surface area contributed by atoms with Crippen LogP contribution in [0.5, 0.6) is 0 Å². The number of pyridine rings is 1. The van der Waals surface area contributed by atoms with E-state index in [2.05, 4.69) is 4.98 Å². The molecule has 3 heteroatoms. The molecule has 1 N–H and O–H groups in total. The SMILES string of the molecule is Cc1c(Cl)cccc1C(O)c1cnc2ccccc2c1. The first-order chi connectivity index (χ1) is 9.66. The van der Waals surface area contributed by atoms with E-state index in [0.29, 0.717) is 5.02 Å². The number of aromatic nitrogens is 1. The second-order valence-corrected chi connectivity index (χ2v) is 5.23. The van der Waals surface area contributed by atoms with Gasteiger partial charge in [-0.05, 0) is 36.2 Å². The van der Waals surface area contributed by atoms with Crippen LogP contribution >= 0.6 is 11.6 Å². The van der Waals surface area contributed by atoms with Gasteiger partial charge in [-0.3, -0.25) is 4.98 Å². The van der Waals surface area contributed by atoms with E-state index in [4.69, 9.17) is 11.6 Å². The van der Waals surface area contributed by atoms with E-state index in [9.17, 15) is 5.11 Å². The summed E-state index contributed by atoms with van der Waals surface area (Å²) in [6.07, 6.45) is 0.999. The number of rotatable bonds is 2. The van der Waals surface area contributed by atoms with E-state index in [1.807, 2.05) is 55.5 Å². The molecule has 0 aliphatic rings. The molecule has 0 aliphatic heterocycles. The van der Waals surface area contributed by atoms with Crippen LogP contribution in [0.2, 0.25) is 5.02 Å². The third kappa shape index (κ3) is 2.28. The third-order valence-electron chi connectivity index (χ3n) is 3.53. The standard InChI is InChI=1S/C17H14ClNO/c1-11-14(6-4-7-15(11)18)17(20)13-9-12-5-2-3-8-16(12)19-10-13/h2-10,17,20H,1H3. The molecule has 0 fully saturated rings. The molecule has 3 rings (SSSR count). The van der Waals surface area contributed by atoms with Gasteiger partial charge in [0.1, 0.15) is 6.10 Å². The van der Waals surface area contributed by atoms with Crippen molar-refractivity contribution in [2.24, 2.45) is 0 Å². The highest BCUT2D eigenvalue weighted by atomic mass is 35.5. The number of hydrogen-bond donors (Lipinski definition) is 1. The Kier molecular flexibility index (Phi) is 3.43. The Balaban J connectivity index is 2.08. The van der Waals surface area contributed by atoms with E-state index < -0.39 is 6.10 Å². The summed E-state index contributed by atoms with van der Waals surface area (Å²) in [5, 5.41) is 12.2. The first kappa shape index (κ1) is 13.1. The van der Waals surface area contributed by atoms with Crippen LogP contribution < -0.4 is 0 Å². The second-order valence-electron chi connectivity index (χ2n) is 4.82. The van der Waals surface area contributed by atoms with Crippen molar-refractivity contribution in [3.05, 3.63) is 76.4 Å². The van der Waals surface area contributed by atoms with Gasteiger partial charge >= 0.3 is 0 Å². The molecule has 0 spiro atoms. The highest BCUT2D eigenvalue weighted by Crippen LogP contribution is 2.29. The number of nitrogens with zero attached hydrogens (tertiary/aromatic N) is 1. The average Bonchev–Trinajstić information content (AvgIpc) is 2.49. The van der Waals surface area contributed by atoms with Gasteiger partial charge in [-0.2, -0.15) is 0 Å². The summed E-state index contributed by atoms with van der Waals surface area (Å²) < 4.78 is 0. The lowest BCUT2D eigenvalue weighted by Gasteiger charge is -2.15. The Morgan fingerprint density at radius 2 is 1.90 bits per heavy atom. The molecular weight excluding hydrogens is 270 g/mol. The van der Waals surface area contributed by atoms with Crippen LogP contribution in [-0.4, -0.2) is 10.1 Å². The summed E-state index contributed by atoms with van der Waals surface area (Å²) in [4.78, 5) is 4.39. The largest absolute Gasteiger partial charge is 0.384 e. The number of aliphatic hydroxyl groups excluding tert-OH is 1. The van der Waals surface area contributed by atoms with Gasteiger partial charge in [0, 0.05) is 22.2 Å². The van der Waals surface area contributed by atoms with Gasteiger partial charge in [0.2, 0.25) is 0 Å². The zero-order valence-electron chi connectivity index (χ0n) is 11.0. The number of halogens is 1. The highest BCUT2D eigenvalue weighted by Gasteiger charge is 2.15. The highest BCUT2D eigenvalue weighted by molar-refractivity contribution is 6.31. The molecule has 0 amide bonds. The molecule has 1 atom stereocenters. The van der Waals surface area contributed by atoms with Crippen LogP contribution in [0.4, 0.5) is 0 Å². The zero-order valence-corrected chi connectivity index (χ0v) is 11.8. The normalized spacial score (nSPS) is 12.6. The molecule has 20 heavy (non-hydrogen) atoms. The summed E-state index contributed by atoms with van der Waals surface area (Å²) >= 11 is 6.11. The minimum Gasteiger partial charge on any atom is -0.384 e. The number of fused-ring (bicyclic) bond motifs is 1. The number of para-hydroxylation sites is 1. The lowest BCUT2D eigenvalue weighted by molar-refractivity contribution is 0.219. The quantitative estimate of drug-likeness (QED) is 0.761.